The van der Waals surface area contributed by atoms with Gasteiger partial charge in [-0.3, -0.25) is 0 Å². The lowest BCUT2D eigenvalue weighted by molar-refractivity contribution is 0.415. The third-order valence-corrected chi connectivity index (χ3v) is 2.99. The molecule has 0 spiro atoms. The Morgan fingerprint density at radius 2 is 1.82 bits per heavy atom. The topological polar surface area (TPSA) is 35.2 Å². The molecule has 0 atom stereocenters. The van der Waals surface area contributed by atoms with E-state index in [2.05, 4.69) is 0 Å². The van der Waals surface area contributed by atoms with Gasteiger partial charge in [0.2, 0.25) is 0 Å². The molecule has 0 saturated carbocycles. The van der Waals surface area contributed by atoms with Gasteiger partial charge >= 0.3 is 0 Å². The van der Waals surface area contributed by atoms with Crippen molar-refractivity contribution >= 4 is 11.6 Å². The van der Waals surface area contributed by atoms with Crippen molar-refractivity contribution in [2.45, 2.75) is 6.54 Å². The Bertz CT molecular complexity index is 508. The van der Waals surface area contributed by atoms with Gasteiger partial charge < -0.3 is 10.5 Å². The van der Waals surface area contributed by atoms with E-state index in [0.29, 0.717) is 11.6 Å². The highest BCUT2D eigenvalue weighted by molar-refractivity contribution is 6.33. The lowest BCUT2D eigenvalue weighted by Crippen LogP contribution is -1.95. The van der Waals surface area contributed by atoms with Crippen molar-refractivity contribution in [1.82, 2.24) is 0 Å². The molecule has 2 N–H and O–H groups in total. The molecule has 0 unspecified atom stereocenters. The van der Waals surface area contributed by atoms with Crippen molar-refractivity contribution in [2.24, 2.45) is 5.73 Å². The van der Waals surface area contributed by atoms with Crippen LogP contribution in [0.3, 0.4) is 0 Å². The summed E-state index contributed by atoms with van der Waals surface area (Å²) in [5.74, 6) is 0.761. The van der Waals surface area contributed by atoms with E-state index in [1.165, 1.54) is 0 Å². The summed E-state index contributed by atoms with van der Waals surface area (Å²) in [5.41, 5.74) is 8.75. The Labute approximate surface area is 106 Å². The van der Waals surface area contributed by atoms with Crippen LogP contribution in [0.5, 0.6) is 5.75 Å². The van der Waals surface area contributed by atoms with Gasteiger partial charge in [-0.25, -0.2) is 0 Å². The molecule has 2 nitrogen and oxygen atoms in total. The van der Waals surface area contributed by atoms with Gasteiger partial charge in [0.05, 0.1) is 12.1 Å². The summed E-state index contributed by atoms with van der Waals surface area (Å²) in [6.45, 7) is 0.552. The van der Waals surface area contributed by atoms with Crippen LogP contribution in [-0.2, 0) is 6.54 Å². The minimum atomic E-state index is 0.552. The van der Waals surface area contributed by atoms with Crippen LogP contribution in [0, 0.1) is 0 Å². The van der Waals surface area contributed by atoms with Crippen molar-refractivity contribution in [2.75, 3.05) is 7.11 Å². The number of nitrogens with two attached hydrogens (primary N) is 1. The lowest BCUT2D eigenvalue weighted by Gasteiger charge is -2.07. The molecule has 3 heteroatoms. The maximum absolute atomic E-state index is 6.21. The minimum absolute atomic E-state index is 0.552. The number of hydrogen-bond donors (Lipinski definition) is 1. The molecule has 0 aliphatic rings. The number of methoxy groups -OCH3 is 1. The number of benzene rings is 2. The predicted molar refractivity (Wildman–Crippen MR) is 71.3 cm³/mol. The average Bonchev–Trinajstić information content (AvgIpc) is 2.39. The first-order chi connectivity index (χ1) is 8.24. The average molecular weight is 248 g/mol. The normalized spacial score (nSPS) is 10.3. The summed E-state index contributed by atoms with van der Waals surface area (Å²) in [7, 11) is 1.63. The Kier molecular flexibility index (Phi) is 3.67. The van der Waals surface area contributed by atoms with Gasteiger partial charge in [-0.15, -0.1) is 0 Å². The van der Waals surface area contributed by atoms with Gasteiger partial charge in [0, 0.05) is 12.1 Å². The summed E-state index contributed by atoms with van der Waals surface area (Å²) >= 11 is 6.21. The maximum Gasteiger partial charge on any atom is 0.120 e. The molecule has 88 valence electrons. The molecule has 0 radical (unpaired) electrons. The van der Waals surface area contributed by atoms with E-state index >= 15 is 0 Å². The fraction of sp³-hybridized carbons (Fsp3) is 0.143. The molecule has 2 aromatic rings. The van der Waals surface area contributed by atoms with Gasteiger partial charge in [0.15, 0.2) is 0 Å². The summed E-state index contributed by atoms with van der Waals surface area (Å²) < 4.78 is 5.12. The molecule has 2 aromatic carbocycles. The standard InChI is InChI=1S/C14H14ClNO/c1-17-12-6-7-13(14(15)8-12)11-4-2-10(9-16)3-5-11/h2-8H,9,16H2,1H3. The second-order valence-electron chi connectivity index (χ2n) is 3.75. The molecule has 0 heterocycles. The fourth-order valence-corrected chi connectivity index (χ4v) is 1.96. The first-order valence-electron chi connectivity index (χ1n) is 5.37. The SMILES string of the molecule is COc1ccc(-c2ccc(CN)cc2)c(Cl)c1. The van der Waals surface area contributed by atoms with Gasteiger partial charge in [0.1, 0.15) is 5.75 Å². The fourth-order valence-electron chi connectivity index (χ4n) is 1.68. The van der Waals surface area contributed by atoms with Crippen molar-refractivity contribution in [3.05, 3.63) is 53.1 Å². The first kappa shape index (κ1) is 12.0. The van der Waals surface area contributed by atoms with E-state index in [1.54, 1.807) is 7.11 Å². The van der Waals surface area contributed by atoms with E-state index in [1.807, 2.05) is 42.5 Å². The van der Waals surface area contributed by atoms with Crippen molar-refractivity contribution in [1.29, 1.82) is 0 Å². The van der Waals surface area contributed by atoms with E-state index in [0.717, 1.165) is 22.4 Å². The molecule has 0 amide bonds. The van der Waals surface area contributed by atoms with Crippen LogP contribution in [0.15, 0.2) is 42.5 Å². The monoisotopic (exact) mass is 247 g/mol. The molecular formula is C14H14ClNO. The van der Waals surface area contributed by atoms with Gasteiger partial charge in [-0.05, 0) is 29.3 Å². The Morgan fingerprint density at radius 3 is 2.35 bits per heavy atom. The Morgan fingerprint density at radius 1 is 1.12 bits per heavy atom. The molecule has 0 fully saturated rings. The molecule has 2 rings (SSSR count). The van der Waals surface area contributed by atoms with Crippen molar-refractivity contribution in [3.8, 4) is 16.9 Å². The van der Waals surface area contributed by atoms with Crippen LogP contribution in [-0.4, -0.2) is 7.11 Å². The number of rotatable bonds is 3. The highest BCUT2D eigenvalue weighted by Crippen LogP contribution is 2.31. The second-order valence-corrected chi connectivity index (χ2v) is 4.15. The Hall–Kier alpha value is -1.51. The van der Waals surface area contributed by atoms with Crippen LogP contribution in [0.25, 0.3) is 11.1 Å². The molecule has 0 aromatic heterocycles. The highest BCUT2D eigenvalue weighted by Gasteiger charge is 2.04. The lowest BCUT2D eigenvalue weighted by atomic mass is 10.0. The number of hydrogen-bond acceptors (Lipinski definition) is 2. The third kappa shape index (κ3) is 2.60. The van der Waals surface area contributed by atoms with Crippen LogP contribution >= 0.6 is 11.6 Å². The number of ether oxygens (including phenoxy) is 1. The van der Waals surface area contributed by atoms with Crippen molar-refractivity contribution < 1.29 is 4.74 Å². The van der Waals surface area contributed by atoms with Crippen LogP contribution in [0.2, 0.25) is 5.02 Å². The van der Waals surface area contributed by atoms with Crippen LogP contribution in [0.4, 0.5) is 0 Å². The van der Waals surface area contributed by atoms with Gasteiger partial charge in [-0.2, -0.15) is 0 Å². The minimum Gasteiger partial charge on any atom is -0.497 e. The van der Waals surface area contributed by atoms with E-state index in [9.17, 15) is 0 Å². The summed E-state index contributed by atoms with van der Waals surface area (Å²) in [6, 6.07) is 13.7. The highest BCUT2D eigenvalue weighted by atomic mass is 35.5. The quantitative estimate of drug-likeness (QED) is 0.901. The molecular weight excluding hydrogens is 234 g/mol. The maximum atomic E-state index is 6.21. The van der Waals surface area contributed by atoms with Gasteiger partial charge in [-0.1, -0.05) is 35.9 Å². The second kappa shape index (κ2) is 5.21. The van der Waals surface area contributed by atoms with Crippen LogP contribution in [0.1, 0.15) is 5.56 Å². The number of halogens is 1. The molecule has 17 heavy (non-hydrogen) atoms. The van der Waals surface area contributed by atoms with Crippen molar-refractivity contribution in [3.63, 3.8) is 0 Å². The van der Waals surface area contributed by atoms with E-state index in [-0.39, 0.29) is 0 Å². The summed E-state index contributed by atoms with van der Waals surface area (Å²) in [5, 5.41) is 0.685. The summed E-state index contributed by atoms with van der Waals surface area (Å²) in [4.78, 5) is 0. The smallest absolute Gasteiger partial charge is 0.120 e. The van der Waals surface area contributed by atoms with Gasteiger partial charge in [0.25, 0.3) is 0 Å². The first-order valence-corrected chi connectivity index (χ1v) is 5.75. The molecule has 0 aliphatic carbocycles. The van der Waals surface area contributed by atoms with E-state index in [4.69, 9.17) is 22.1 Å². The Balaban J connectivity index is 2.38. The predicted octanol–water partition coefficient (Wildman–Crippen LogP) is 3.47. The molecule has 0 bridgehead atoms. The molecule has 0 aliphatic heterocycles. The zero-order chi connectivity index (χ0) is 12.3. The zero-order valence-electron chi connectivity index (χ0n) is 9.61. The zero-order valence-corrected chi connectivity index (χ0v) is 10.4. The third-order valence-electron chi connectivity index (χ3n) is 2.68. The van der Waals surface area contributed by atoms with Crippen LogP contribution < -0.4 is 10.5 Å². The summed E-state index contributed by atoms with van der Waals surface area (Å²) in [6.07, 6.45) is 0. The molecule has 0 saturated heterocycles. The largest absolute Gasteiger partial charge is 0.497 e. The van der Waals surface area contributed by atoms with E-state index < -0.39 is 0 Å².